The summed E-state index contributed by atoms with van der Waals surface area (Å²) in [5, 5.41) is 18.3. The first kappa shape index (κ1) is 21.6. The van der Waals surface area contributed by atoms with E-state index in [9.17, 15) is 17.4 Å². The highest BCUT2D eigenvalue weighted by molar-refractivity contribution is 7.85. The molecule has 1 atom stereocenters. The Morgan fingerprint density at radius 3 is 2.15 bits per heavy atom. The van der Waals surface area contributed by atoms with Crippen LogP contribution in [0, 0.1) is 0 Å². The van der Waals surface area contributed by atoms with Gasteiger partial charge in [0, 0.05) is 9.79 Å². The molecule has 0 bridgehead atoms. The standard InChI is InChI=1S/C19H22F3NO3S/c20-19(21,22)15-4-1-5-17(11-15)27(26)16-8-6-14(7-9-16)3-2-10-18(23,12-24)13-25/h1,4-9,11,24-25H,2-3,10,12-13,23H2. The van der Waals surface area contributed by atoms with Crippen LogP contribution >= 0.6 is 0 Å². The Kier molecular flexibility index (Phi) is 7.16. The molecule has 0 aromatic heterocycles. The molecule has 0 radical (unpaired) electrons. The van der Waals surface area contributed by atoms with Crippen LogP contribution in [0.5, 0.6) is 0 Å². The number of nitrogens with two attached hydrogens (primary N) is 1. The van der Waals surface area contributed by atoms with E-state index in [2.05, 4.69) is 0 Å². The van der Waals surface area contributed by atoms with Crippen LogP contribution in [-0.4, -0.2) is 33.2 Å². The quantitative estimate of drug-likeness (QED) is 0.635. The van der Waals surface area contributed by atoms with E-state index in [-0.39, 0.29) is 18.1 Å². The molecule has 4 N–H and O–H groups in total. The van der Waals surface area contributed by atoms with E-state index in [1.54, 1.807) is 24.3 Å². The molecular weight excluding hydrogens is 379 g/mol. The SMILES string of the molecule is NC(CO)(CO)CCCc1ccc(S(=O)c2cccc(C(F)(F)F)c2)cc1. The van der Waals surface area contributed by atoms with Crippen LogP contribution < -0.4 is 5.73 Å². The topological polar surface area (TPSA) is 83.6 Å². The highest BCUT2D eigenvalue weighted by Crippen LogP contribution is 2.31. The van der Waals surface area contributed by atoms with E-state index in [0.29, 0.717) is 24.2 Å². The normalized spacial score (nSPS) is 13.6. The van der Waals surface area contributed by atoms with Gasteiger partial charge in [-0.2, -0.15) is 13.2 Å². The molecule has 0 saturated carbocycles. The number of aryl methyl sites for hydroxylation is 1. The smallest absolute Gasteiger partial charge is 0.394 e. The van der Waals surface area contributed by atoms with E-state index >= 15 is 0 Å². The van der Waals surface area contributed by atoms with Crippen LogP contribution in [-0.2, 0) is 23.4 Å². The first-order valence-corrected chi connectivity index (χ1v) is 9.52. The minimum Gasteiger partial charge on any atom is -0.394 e. The molecule has 1 unspecified atom stereocenters. The number of aliphatic hydroxyl groups excluding tert-OH is 2. The van der Waals surface area contributed by atoms with Crippen molar-refractivity contribution in [2.24, 2.45) is 5.73 Å². The molecule has 0 aliphatic rings. The summed E-state index contributed by atoms with van der Waals surface area (Å²) in [6.45, 7) is -0.614. The molecule has 8 heteroatoms. The van der Waals surface area contributed by atoms with E-state index in [1.807, 2.05) is 0 Å². The van der Waals surface area contributed by atoms with Gasteiger partial charge in [-0.1, -0.05) is 18.2 Å². The summed E-state index contributed by atoms with van der Waals surface area (Å²) < 4.78 is 50.9. The molecule has 0 heterocycles. The molecule has 27 heavy (non-hydrogen) atoms. The third-order valence-corrected chi connectivity index (χ3v) is 5.67. The van der Waals surface area contributed by atoms with Crippen LogP contribution in [0.1, 0.15) is 24.0 Å². The average Bonchev–Trinajstić information content (AvgIpc) is 2.67. The van der Waals surface area contributed by atoms with Crippen molar-refractivity contribution in [2.75, 3.05) is 13.2 Å². The Bertz CT molecular complexity index is 775. The highest BCUT2D eigenvalue weighted by Gasteiger charge is 2.30. The Balaban J connectivity index is 2.04. The number of rotatable bonds is 8. The van der Waals surface area contributed by atoms with Gasteiger partial charge >= 0.3 is 6.18 Å². The van der Waals surface area contributed by atoms with Gasteiger partial charge in [0.1, 0.15) is 0 Å². The summed E-state index contributed by atoms with van der Waals surface area (Å²) >= 11 is 0. The maximum atomic E-state index is 12.8. The lowest BCUT2D eigenvalue weighted by molar-refractivity contribution is -0.137. The van der Waals surface area contributed by atoms with Crippen LogP contribution in [0.4, 0.5) is 13.2 Å². The fraction of sp³-hybridized carbons (Fsp3) is 0.368. The molecule has 2 rings (SSSR count). The van der Waals surface area contributed by atoms with Gasteiger partial charge in [0.05, 0.1) is 35.1 Å². The van der Waals surface area contributed by atoms with Gasteiger partial charge < -0.3 is 15.9 Å². The third kappa shape index (κ3) is 5.87. The number of hydrogen-bond acceptors (Lipinski definition) is 4. The average molecular weight is 401 g/mol. The van der Waals surface area contributed by atoms with E-state index in [4.69, 9.17) is 15.9 Å². The summed E-state index contributed by atoms with van der Waals surface area (Å²) in [7, 11) is -1.71. The Morgan fingerprint density at radius 1 is 0.963 bits per heavy atom. The van der Waals surface area contributed by atoms with Crippen molar-refractivity contribution in [1.29, 1.82) is 0 Å². The fourth-order valence-corrected chi connectivity index (χ4v) is 3.65. The maximum absolute atomic E-state index is 12.8. The number of halogens is 3. The van der Waals surface area contributed by atoms with E-state index in [1.165, 1.54) is 12.1 Å². The summed E-state index contributed by atoms with van der Waals surface area (Å²) in [6.07, 6.45) is -2.74. The molecular formula is C19H22F3NO3S. The Morgan fingerprint density at radius 2 is 1.59 bits per heavy atom. The van der Waals surface area contributed by atoms with Crippen LogP contribution in [0.2, 0.25) is 0 Å². The monoisotopic (exact) mass is 401 g/mol. The van der Waals surface area contributed by atoms with Crippen molar-refractivity contribution in [3.63, 3.8) is 0 Å². The van der Waals surface area contributed by atoms with Crippen molar-refractivity contribution < 1.29 is 27.6 Å². The van der Waals surface area contributed by atoms with Crippen molar-refractivity contribution in [3.8, 4) is 0 Å². The summed E-state index contributed by atoms with van der Waals surface area (Å²) in [5.41, 5.74) is 4.91. The lowest BCUT2D eigenvalue weighted by Crippen LogP contribution is -2.47. The zero-order valence-corrected chi connectivity index (χ0v) is 15.4. The van der Waals surface area contributed by atoms with Gasteiger partial charge in [0.15, 0.2) is 0 Å². The molecule has 0 aliphatic carbocycles. The molecule has 0 amide bonds. The maximum Gasteiger partial charge on any atom is 0.416 e. The van der Waals surface area contributed by atoms with Crippen LogP contribution in [0.25, 0.3) is 0 Å². The number of aliphatic hydroxyl groups is 2. The van der Waals surface area contributed by atoms with Gasteiger partial charge in [-0.3, -0.25) is 0 Å². The van der Waals surface area contributed by atoms with Gasteiger partial charge in [-0.15, -0.1) is 0 Å². The largest absolute Gasteiger partial charge is 0.416 e. The summed E-state index contributed by atoms with van der Waals surface area (Å²) in [4.78, 5) is 0.508. The molecule has 0 spiro atoms. The fourth-order valence-electron chi connectivity index (χ4n) is 2.56. The molecule has 2 aromatic rings. The van der Waals surface area contributed by atoms with Crippen LogP contribution in [0.3, 0.4) is 0 Å². The van der Waals surface area contributed by atoms with Gasteiger partial charge in [-0.25, -0.2) is 4.21 Å². The first-order chi connectivity index (χ1) is 12.7. The van der Waals surface area contributed by atoms with E-state index < -0.39 is 28.1 Å². The number of benzene rings is 2. The Hall–Kier alpha value is -1.74. The zero-order valence-electron chi connectivity index (χ0n) is 14.6. The molecule has 0 aliphatic heterocycles. The number of hydrogen-bond donors (Lipinski definition) is 3. The highest BCUT2D eigenvalue weighted by atomic mass is 32.2. The van der Waals surface area contributed by atoms with Crippen molar-refractivity contribution >= 4 is 10.8 Å². The second kappa shape index (κ2) is 8.97. The van der Waals surface area contributed by atoms with Crippen molar-refractivity contribution in [3.05, 3.63) is 59.7 Å². The Labute approximate surface area is 158 Å². The van der Waals surface area contributed by atoms with Gasteiger partial charge in [0.25, 0.3) is 0 Å². The predicted molar refractivity (Wildman–Crippen MR) is 96.6 cm³/mol. The number of alkyl halides is 3. The zero-order chi connectivity index (χ0) is 20.1. The minimum atomic E-state index is -4.48. The van der Waals surface area contributed by atoms with Crippen molar-refractivity contribution in [2.45, 2.75) is 40.8 Å². The summed E-state index contributed by atoms with van der Waals surface area (Å²) in [6, 6.07) is 11.3. The van der Waals surface area contributed by atoms with Crippen LogP contribution in [0.15, 0.2) is 58.3 Å². The lowest BCUT2D eigenvalue weighted by atomic mass is 9.94. The van der Waals surface area contributed by atoms with Gasteiger partial charge in [0.2, 0.25) is 0 Å². The third-order valence-electron chi connectivity index (χ3n) is 4.28. The molecule has 148 valence electrons. The van der Waals surface area contributed by atoms with E-state index in [0.717, 1.165) is 17.7 Å². The lowest BCUT2D eigenvalue weighted by Gasteiger charge is -2.24. The molecule has 4 nitrogen and oxygen atoms in total. The second-order valence-corrected chi connectivity index (χ2v) is 7.95. The van der Waals surface area contributed by atoms with Crippen molar-refractivity contribution in [1.82, 2.24) is 0 Å². The molecule has 2 aromatic carbocycles. The minimum absolute atomic E-state index is 0.0939. The second-order valence-electron chi connectivity index (χ2n) is 6.47. The summed E-state index contributed by atoms with van der Waals surface area (Å²) in [5.74, 6) is 0. The molecule has 0 saturated heterocycles. The van der Waals surface area contributed by atoms with Gasteiger partial charge in [-0.05, 0) is 55.2 Å². The predicted octanol–water partition coefficient (Wildman–Crippen LogP) is 2.88. The first-order valence-electron chi connectivity index (χ1n) is 8.37. The molecule has 0 fully saturated rings.